The number of benzene rings is 2. The quantitative estimate of drug-likeness (QED) is 0.822. The summed E-state index contributed by atoms with van der Waals surface area (Å²) in [5, 5.41) is 13.2. The van der Waals surface area contributed by atoms with Crippen molar-refractivity contribution in [2.24, 2.45) is 0 Å². The molecule has 0 aliphatic heterocycles. The number of hydrogen-bond acceptors (Lipinski definition) is 3. The van der Waals surface area contributed by atoms with Crippen LogP contribution in [0.2, 0.25) is 0 Å². The molecule has 24 heavy (non-hydrogen) atoms. The van der Waals surface area contributed by atoms with E-state index < -0.39 is 6.10 Å². The average Bonchev–Trinajstić information content (AvgIpc) is 2.61. The fraction of sp³-hybridized carbons (Fsp3) is 0.350. The van der Waals surface area contributed by atoms with Crippen molar-refractivity contribution in [3.8, 4) is 0 Å². The van der Waals surface area contributed by atoms with Crippen LogP contribution in [0.5, 0.6) is 0 Å². The summed E-state index contributed by atoms with van der Waals surface area (Å²) in [5.41, 5.74) is 2.88. The topological polar surface area (TPSA) is 52.6 Å². The lowest BCUT2D eigenvalue weighted by molar-refractivity contribution is -0.123. The third kappa shape index (κ3) is 4.59. The maximum Gasteiger partial charge on any atom is 0.227 e. The van der Waals surface area contributed by atoms with Gasteiger partial charge in [-0.05, 0) is 29.7 Å². The van der Waals surface area contributed by atoms with E-state index in [9.17, 15) is 9.90 Å². The van der Waals surface area contributed by atoms with Gasteiger partial charge < -0.3 is 15.3 Å². The van der Waals surface area contributed by atoms with Gasteiger partial charge in [-0.15, -0.1) is 0 Å². The summed E-state index contributed by atoms with van der Waals surface area (Å²) in [7, 11) is 3.94. The first kappa shape index (κ1) is 18.0. The fourth-order valence-corrected chi connectivity index (χ4v) is 2.69. The average molecular weight is 326 g/mol. The number of nitrogens with zero attached hydrogens (tertiary/aromatic N) is 1. The lowest BCUT2D eigenvalue weighted by Crippen LogP contribution is -2.32. The maximum absolute atomic E-state index is 12.4. The third-order valence-electron chi connectivity index (χ3n) is 4.19. The summed E-state index contributed by atoms with van der Waals surface area (Å²) in [6.45, 7) is 2.21. The Balaban J connectivity index is 1.95. The molecule has 0 aliphatic carbocycles. The molecule has 0 radical (unpaired) electrons. The monoisotopic (exact) mass is 326 g/mol. The second kappa shape index (κ2) is 8.50. The van der Waals surface area contributed by atoms with Crippen molar-refractivity contribution in [3.05, 3.63) is 65.7 Å². The molecule has 4 heteroatoms. The predicted molar refractivity (Wildman–Crippen MR) is 98.2 cm³/mol. The zero-order chi connectivity index (χ0) is 17.5. The number of aliphatic hydroxyl groups is 1. The van der Waals surface area contributed by atoms with E-state index in [0.717, 1.165) is 23.2 Å². The van der Waals surface area contributed by atoms with E-state index in [1.54, 1.807) is 0 Å². The molecule has 1 amide bonds. The molecular weight excluding hydrogens is 300 g/mol. The van der Waals surface area contributed by atoms with Gasteiger partial charge in [0, 0.05) is 26.3 Å². The second-order valence-corrected chi connectivity index (χ2v) is 6.12. The molecule has 2 rings (SSSR count). The van der Waals surface area contributed by atoms with Gasteiger partial charge in [-0.1, -0.05) is 49.4 Å². The van der Waals surface area contributed by atoms with Gasteiger partial charge in [0.1, 0.15) is 0 Å². The maximum atomic E-state index is 12.4. The summed E-state index contributed by atoms with van der Waals surface area (Å²) < 4.78 is 0. The zero-order valence-electron chi connectivity index (χ0n) is 14.6. The SMILES string of the molecule is CC[C@H](C(=O)NC[C@@H](O)c1ccc(N(C)C)cc1)c1ccccc1. The van der Waals surface area contributed by atoms with Crippen molar-refractivity contribution in [1.82, 2.24) is 5.32 Å². The number of amides is 1. The van der Waals surface area contributed by atoms with Crippen LogP contribution in [0.1, 0.15) is 36.5 Å². The number of carbonyl (C=O) groups is 1. The lowest BCUT2D eigenvalue weighted by atomic mass is 9.95. The van der Waals surface area contributed by atoms with Crippen LogP contribution >= 0.6 is 0 Å². The first-order valence-electron chi connectivity index (χ1n) is 8.31. The van der Waals surface area contributed by atoms with Crippen molar-refractivity contribution in [1.29, 1.82) is 0 Å². The molecule has 2 atom stereocenters. The first-order valence-corrected chi connectivity index (χ1v) is 8.31. The van der Waals surface area contributed by atoms with Gasteiger partial charge in [0.2, 0.25) is 5.91 Å². The molecule has 0 saturated carbocycles. The van der Waals surface area contributed by atoms with Crippen LogP contribution < -0.4 is 10.2 Å². The van der Waals surface area contributed by atoms with E-state index in [0.29, 0.717) is 0 Å². The molecule has 0 aliphatic rings. The summed E-state index contributed by atoms with van der Waals surface area (Å²) in [6, 6.07) is 17.4. The van der Waals surface area contributed by atoms with Crippen LogP contribution in [0, 0.1) is 0 Å². The van der Waals surface area contributed by atoms with E-state index in [1.165, 1.54) is 0 Å². The van der Waals surface area contributed by atoms with Gasteiger partial charge in [-0.3, -0.25) is 4.79 Å². The van der Waals surface area contributed by atoms with Crippen LogP contribution in [0.3, 0.4) is 0 Å². The van der Waals surface area contributed by atoms with Gasteiger partial charge in [-0.2, -0.15) is 0 Å². The molecule has 128 valence electrons. The van der Waals surface area contributed by atoms with E-state index in [4.69, 9.17) is 0 Å². The highest BCUT2D eigenvalue weighted by Gasteiger charge is 2.19. The van der Waals surface area contributed by atoms with Crippen LogP contribution in [0.4, 0.5) is 5.69 Å². The second-order valence-electron chi connectivity index (χ2n) is 6.12. The molecule has 2 N–H and O–H groups in total. The number of carbonyl (C=O) groups excluding carboxylic acids is 1. The Morgan fingerprint density at radius 2 is 1.67 bits per heavy atom. The van der Waals surface area contributed by atoms with Crippen LogP contribution in [-0.2, 0) is 4.79 Å². The van der Waals surface area contributed by atoms with Crippen molar-refractivity contribution in [2.75, 3.05) is 25.5 Å². The number of anilines is 1. The Labute approximate surface area is 144 Å². The summed E-state index contributed by atoms with van der Waals surface area (Å²) in [5.74, 6) is -0.234. The van der Waals surface area contributed by atoms with Crippen molar-refractivity contribution < 1.29 is 9.90 Å². The van der Waals surface area contributed by atoms with Crippen LogP contribution in [-0.4, -0.2) is 31.7 Å². The van der Waals surface area contributed by atoms with Gasteiger partial charge in [0.15, 0.2) is 0 Å². The van der Waals surface area contributed by atoms with Crippen LogP contribution in [0.25, 0.3) is 0 Å². The highest BCUT2D eigenvalue weighted by molar-refractivity contribution is 5.83. The molecule has 0 saturated heterocycles. The standard InChI is InChI=1S/C20H26N2O2/c1-4-18(15-8-6-5-7-9-15)20(24)21-14-19(23)16-10-12-17(13-11-16)22(2)3/h5-13,18-19,23H,4,14H2,1-3H3,(H,21,24)/t18-,19+/m0/s1. The molecule has 0 unspecified atom stereocenters. The zero-order valence-corrected chi connectivity index (χ0v) is 14.6. The summed E-state index contributed by atoms with van der Waals surface area (Å²) in [4.78, 5) is 14.4. The molecule has 0 fully saturated rings. The first-order chi connectivity index (χ1) is 11.5. The molecule has 0 aromatic heterocycles. The molecule has 2 aromatic rings. The van der Waals surface area contributed by atoms with Gasteiger partial charge in [0.25, 0.3) is 0 Å². The minimum atomic E-state index is -0.710. The fourth-order valence-electron chi connectivity index (χ4n) is 2.69. The van der Waals surface area contributed by atoms with Gasteiger partial charge in [0.05, 0.1) is 12.0 Å². The summed E-state index contributed by atoms with van der Waals surface area (Å²) >= 11 is 0. The normalized spacial score (nSPS) is 13.2. The van der Waals surface area contributed by atoms with E-state index in [2.05, 4.69) is 5.32 Å². The molecule has 0 bridgehead atoms. The smallest absolute Gasteiger partial charge is 0.227 e. The Morgan fingerprint density at radius 1 is 1.04 bits per heavy atom. The predicted octanol–water partition coefficient (Wildman–Crippen LogP) is 3.10. The molecule has 0 heterocycles. The Bertz CT molecular complexity index is 638. The minimum absolute atomic E-state index is 0.0485. The number of hydrogen-bond donors (Lipinski definition) is 2. The highest BCUT2D eigenvalue weighted by Crippen LogP contribution is 2.20. The Kier molecular flexibility index (Phi) is 6.38. The van der Waals surface area contributed by atoms with Gasteiger partial charge in [-0.25, -0.2) is 0 Å². The third-order valence-corrected chi connectivity index (χ3v) is 4.19. The molecule has 0 spiro atoms. The largest absolute Gasteiger partial charge is 0.387 e. The van der Waals surface area contributed by atoms with Crippen molar-refractivity contribution >= 4 is 11.6 Å². The Hall–Kier alpha value is -2.33. The molecular formula is C20H26N2O2. The van der Waals surface area contributed by atoms with Crippen molar-refractivity contribution in [2.45, 2.75) is 25.4 Å². The summed E-state index contributed by atoms with van der Waals surface area (Å²) in [6.07, 6.45) is 0.0159. The number of rotatable bonds is 7. The Morgan fingerprint density at radius 3 is 2.21 bits per heavy atom. The van der Waals surface area contributed by atoms with E-state index in [1.807, 2.05) is 80.5 Å². The van der Waals surface area contributed by atoms with E-state index >= 15 is 0 Å². The lowest BCUT2D eigenvalue weighted by Gasteiger charge is -2.18. The number of aliphatic hydroxyl groups excluding tert-OH is 1. The molecule has 4 nitrogen and oxygen atoms in total. The number of nitrogens with one attached hydrogen (secondary N) is 1. The van der Waals surface area contributed by atoms with Crippen LogP contribution in [0.15, 0.2) is 54.6 Å². The van der Waals surface area contributed by atoms with Gasteiger partial charge >= 0.3 is 0 Å². The van der Waals surface area contributed by atoms with E-state index in [-0.39, 0.29) is 18.4 Å². The minimum Gasteiger partial charge on any atom is -0.387 e. The highest BCUT2D eigenvalue weighted by atomic mass is 16.3. The molecule has 2 aromatic carbocycles. The van der Waals surface area contributed by atoms with Crippen molar-refractivity contribution in [3.63, 3.8) is 0 Å².